The van der Waals surface area contributed by atoms with Crippen molar-refractivity contribution in [2.24, 2.45) is 4.99 Å². The van der Waals surface area contributed by atoms with Crippen molar-refractivity contribution in [2.45, 2.75) is 12.6 Å². The number of nitriles is 2. The van der Waals surface area contributed by atoms with Crippen LogP contribution in [0.1, 0.15) is 28.3 Å². The minimum absolute atomic E-state index is 0.00168. The summed E-state index contributed by atoms with van der Waals surface area (Å²) in [6.45, 7) is 0.136. The van der Waals surface area contributed by atoms with E-state index in [1.807, 2.05) is 6.07 Å². The summed E-state index contributed by atoms with van der Waals surface area (Å²) in [5.74, 6) is -0.0812. The molecule has 0 saturated heterocycles. The number of rotatable bonds is 4. The molecule has 6 N–H and O–H groups in total. The van der Waals surface area contributed by atoms with Crippen molar-refractivity contribution in [3.63, 3.8) is 0 Å². The minimum Gasteiger partial charge on any atom is -0.488 e. The smallest absolute Gasteiger partial charge is 0.211 e. The van der Waals surface area contributed by atoms with Crippen molar-refractivity contribution < 1.29 is 9.13 Å². The average molecular weight is 463 g/mol. The number of halogens is 2. The fourth-order valence-electron chi connectivity index (χ4n) is 3.41. The molecule has 164 valence electrons. The summed E-state index contributed by atoms with van der Waals surface area (Å²) in [5, 5.41) is 24.4. The number of fused-ring (bicyclic) bond motifs is 1. The molecule has 0 saturated carbocycles. The van der Waals surface area contributed by atoms with Gasteiger partial charge in [0, 0.05) is 22.2 Å². The van der Waals surface area contributed by atoms with Gasteiger partial charge >= 0.3 is 0 Å². The Hall–Kier alpha value is -4.54. The summed E-state index contributed by atoms with van der Waals surface area (Å²) in [4.78, 5) is 8.70. The third-order valence-corrected chi connectivity index (χ3v) is 5.19. The van der Waals surface area contributed by atoms with E-state index in [9.17, 15) is 9.65 Å². The van der Waals surface area contributed by atoms with E-state index in [0.29, 0.717) is 16.1 Å². The van der Waals surface area contributed by atoms with Crippen molar-refractivity contribution in [3.8, 4) is 18.0 Å². The lowest BCUT2D eigenvalue weighted by molar-refractivity contribution is 0.300. The Labute approximate surface area is 193 Å². The summed E-state index contributed by atoms with van der Waals surface area (Å²) in [6.07, 6.45) is 1.78. The SMILES string of the molecule is N#CNC1=NC(c2ccc(F)cc2OCc2ccc(Cl)cc2)c2c(nc(N)c(C#N)c2N)N1. The first-order valence-corrected chi connectivity index (χ1v) is 9.94. The quantitative estimate of drug-likeness (QED) is 0.339. The van der Waals surface area contributed by atoms with Crippen LogP contribution in [-0.4, -0.2) is 10.9 Å². The number of nitrogen functional groups attached to an aromatic ring is 2. The zero-order chi connectivity index (χ0) is 23.5. The Bertz CT molecular complexity index is 1340. The number of aliphatic imine (C=N–C) groups is 1. The van der Waals surface area contributed by atoms with Crippen LogP contribution in [0, 0.1) is 28.6 Å². The molecule has 1 unspecified atom stereocenters. The second-order valence-electron chi connectivity index (χ2n) is 7.00. The summed E-state index contributed by atoms with van der Waals surface area (Å²) in [6, 6.07) is 12.1. The summed E-state index contributed by atoms with van der Waals surface area (Å²) in [5.41, 5.74) is 13.8. The third kappa shape index (κ3) is 4.28. The van der Waals surface area contributed by atoms with Crippen molar-refractivity contribution in [3.05, 3.63) is 75.6 Å². The molecule has 0 fully saturated rings. The van der Waals surface area contributed by atoms with Crippen LogP contribution >= 0.6 is 11.6 Å². The van der Waals surface area contributed by atoms with Crippen LogP contribution in [0.25, 0.3) is 0 Å². The first kappa shape index (κ1) is 21.7. The van der Waals surface area contributed by atoms with Gasteiger partial charge in [-0.1, -0.05) is 23.7 Å². The minimum atomic E-state index is -0.863. The van der Waals surface area contributed by atoms with Gasteiger partial charge in [0.1, 0.15) is 47.5 Å². The molecule has 11 heteroatoms. The number of benzene rings is 2. The number of guanidine groups is 1. The summed E-state index contributed by atoms with van der Waals surface area (Å²) in [7, 11) is 0. The van der Waals surface area contributed by atoms with Gasteiger partial charge in [0.15, 0.2) is 6.19 Å². The Kier molecular flexibility index (Phi) is 5.85. The zero-order valence-electron chi connectivity index (χ0n) is 16.9. The van der Waals surface area contributed by atoms with Crippen molar-refractivity contribution in [1.29, 1.82) is 10.5 Å². The second-order valence-corrected chi connectivity index (χ2v) is 7.44. The standard InChI is InChI=1S/C22H16ClFN8O/c23-12-3-1-11(2-4-12)9-33-16-7-13(24)5-6-14(16)19-17-18(27)15(8-25)20(28)31-21(17)32-22(30-19)29-10-26/h1-7,19H,9H2,(H6,27,28,29,30,31,32). The summed E-state index contributed by atoms with van der Waals surface area (Å²) < 4.78 is 20.1. The highest BCUT2D eigenvalue weighted by atomic mass is 35.5. The Morgan fingerprint density at radius 2 is 1.94 bits per heavy atom. The molecule has 1 aromatic heterocycles. The number of ether oxygens (including phenoxy) is 1. The van der Waals surface area contributed by atoms with E-state index >= 15 is 0 Å². The summed E-state index contributed by atoms with van der Waals surface area (Å²) >= 11 is 5.92. The van der Waals surface area contributed by atoms with Gasteiger partial charge in [0.25, 0.3) is 0 Å². The fourth-order valence-corrected chi connectivity index (χ4v) is 3.53. The van der Waals surface area contributed by atoms with Crippen LogP contribution in [0.2, 0.25) is 5.02 Å². The van der Waals surface area contributed by atoms with Crippen LogP contribution in [0.3, 0.4) is 0 Å². The topological polar surface area (TPSA) is 158 Å². The Balaban J connectivity index is 1.82. The van der Waals surface area contributed by atoms with E-state index in [1.54, 1.807) is 30.5 Å². The maximum Gasteiger partial charge on any atom is 0.211 e. The first-order valence-electron chi connectivity index (χ1n) is 9.56. The lowest BCUT2D eigenvalue weighted by atomic mass is 9.94. The van der Waals surface area contributed by atoms with Gasteiger partial charge < -0.3 is 21.5 Å². The molecule has 0 radical (unpaired) electrons. The van der Waals surface area contributed by atoms with Crippen LogP contribution in [0.4, 0.5) is 21.7 Å². The largest absolute Gasteiger partial charge is 0.488 e. The molecule has 2 heterocycles. The van der Waals surface area contributed by atoms with Gasteiger partial charge in [0.05, 0.1) is 5.69 Å². The Morgan fingerprint density at radius 3 is 2.64 bits per heavy atom. The molecule has 4 rings (SSSR count). The normalized spacial score (nSPS) is 14.2. The Morgan fingerprint density at radius 1 is 1.18 bits per heavy atom. The molecular formula is C22H16ClFN8O. The highest BCUT2D eigenvalue weighted by Crippen LogP contribution is 2.43. The van der Waals surface area contributed by atoms with Gasteiger partial charge in [0.2, 0.25) is 5.96 Å². The van der Waals surface area contributed by atoms with Crippen molar-refractivity contribution >= 4 is 34.9 Å². The molecule has 0 aliphatic carbocycles. The van der Waals surface area contributed by atoms with E-state index in [0.717, 1.165) is 5.56 Å². The maximum atomic E-state index is 14.1. The van der Waals surface area contributed by atoms with Crippen LogP contribution in [-0.2, 0) is 6.61 Å². The third-order valence-electron chi connectivity index (χ3n) is 4.94. The van der Waals surface area contributed by atoms with E-state index in [4.69, 9.17) is 33.1 Å². The molecule has 1 atom stereocenters. The molecule has 1 aliphatic heterocycles. The number of hydrogen-bond acceptors (Lipinski definition) is 9. The van der Waals surface area contributed by atoms with Crippen LogP contribution in [0.5, 0.6) is 5.75 Å². The second kappa shape index (κ2) is 8.91. The van der Waals surface area contributed by atoms with Crippen molar-refractivity contribution in [1.82, 2.24) is 10.3 Å². The van der Waals surface area contributed by atoms with Gasteiger partial charge in [-0.05, 0) is 29.8 Å². The molecular weight excluding hydrogens is 447 g/mol. The predicted octanol–water partition coefficient (Wildman–Crippen LogP) is 3.43. The molecule has 2 aromatic carbocycles. The van der Waals surface area contributed by atoms with E-state index < -0.39 is 11.9 Å². The predicted molar refractivity (Wildman–Crippen MR) is 122 cm³/mol. The van der Waals surface area contributed by atoms with E-state index in [1.165, 1.54) is 18.2 Å². The van der Waals surface area contributed by atoms with Gasteiger partial charge in [-0.25, -0.2) is 14.4 Å². The number of nitrogens with one attached hydrogen (secondary N) is 2. The number of nitrogens with zero attached hydrogens (tertiary/aromatic N) is 4. The van der Waals surface area contributed by atoms with E-state index in [2.05, 4.69) is 20.6 Å². The lowest BCUT2D eigenvalue weighted by Crippen LogP contribution is -2.33. The number of pyridine rings is 1. The lowest BCUT2D eigenvalue weighted by Gasteiger charge is -2.27. The highest BCUT2D eigenvalue weighted by Gasteiger charge is 2.31. The van der Waals surface area contributed by atoms with Crippen molar-refractivity contribution in [2.75, 3.05) is 16.8 Å². The number of hydrogen-bond donors (Lipinski definition) is 4. The van der Waals surface area contributed by atoms with E-state index in [-0.39, 0.29) is 41.2 Å². The van der Waals surface area contributed by atoms with Crippen LogP contribution in [0.15, 0.2) is 47.5 Å². The first-order chi connectivity index (χ1) is 15.9. The zero-order valence-corrected chi connectivity index (χ0v) is 17.7. The number of nitrogens with two attached hydrogens (primary N) is 2. The van der Waals surface area contributed by atoms with Gasteiger partial charge in [-0.15, -0.1) is 0 Å². The molecule has 0 spiro atoms. The number of aromatic nitrogens is 1. The average Bonchev–Trinajstić information content (AvgIpc) is 2.78. The van der Waals surface area contributed by atoms with Gasteiger partial charge in [-0.2, -0.15) is 10.5 Å². The molecule has 33 heavy (non-hydrogen) atoms. The molecule has 1 aliphatic rings. The molecule has 0 bridgehead atoms. The molecule has 9 nitrogen and oxygen atoms in total. The molecule has 0 amide bonds. The fraction of sp³-hybridized carbons (Fsp3) is 0.0909. The highest BCUT2D eigenvalue weighted by molar-refractivity contribution is 6.30. The monoisotopic (exact) mass is 462 g/mol. The molecule has 3 aromatic rings. The number of anilines is 3. The van der Waals surface area contributed by atoms with Crippen LogP contribution < -0.4 is 26.8 Å². The maximum absolute atomic E-state index is 14.1. The van der Waals surface area contributed by atoms with Gasteiger partial charge in [-0.3, -0.25) is 5.32 Å².